The lowest BCUT2D eigenvalue weighted by atomic mass is 10.1. The highest BCUT2D eigenvalue weighted by Gasteiger charge is 2.68. The lowest BCUT2D eigenvalue weighted by Crippen LogP contribution is -2.29. The molecule has 1 saturated heterocycles. The van der Waals surface area contributed by atoms with Crippen LogP contribution in [0.5, 0.6) is 0 Å². The Labute approximate surface area is 78.1 Å². The molecule has 0 aromatic carbocycles. The van der Waals surface area contributed by atoms with Crippen LogP contribution in [0.2, 0.25) is 0 Å². The molecule has 1 aliphatic heterocycles. The minimum atomic E-state index is -1.70. The molecule has 0 bridgehead atoms. The lowest BCUT2D eigenvalue weighted by Gasteiger charge is -2.07. The fourth-order valence-corrected chi connectivity index (χ4v) is 1.45. The molecule has 1 fully saturated rings. The predicted molar refractivity (Wildman–Crippen MR) is 46.8 cm³/mol. The van der Waals surface area contributed by atoms with Crippen molar-refractivity contribution in [2.24, 2.45) is 0 Å². The summed E-state index contributed by atoms with van der Waals surface area (Å²) in [4.78, 5) is 0. The van der Waals surface area contributed by atoms with Crippen LogP contribution < -0.4 is 0 Å². The van der Waals surface area contributed by atoms with E-state index in [9.17, 15) is 10.2 Å². The highest BCUT2D eigenvalue weighted by atomic mass is 16.8. The van der Waals surface area contributed by atoms with Crippen molar-refractivity contribution in [3.8, 4) is 0 Å². The molecule has 1 aliphatic rings. The SMILES string of the molecule is CCCCCCC1(O)OC1(O)CO. The van der Waals surface area contributed by atoms with Gasteiger partial charge in [-0.1, -0.05) is 26.2 Å². The summed E-state index contributed by atoms with van der Waals surface area (Å²) in [5.74, 6) is -3.19. The molecule has 2 unspecified atom stereocenters. The molecule has 3 N–H and O–H groups in total. The van der Waals surface area contributed by atoms with Crippen molar-refractivity contribution in [3.05, 3.63) is 0 Å². The molecule has 0 saturated carbocycles. The Balaban J connectivity index is 2.16. The summed E-state index contributed by atoms with van der Waals surface area (Å²) in [6, 6.07) is 0. The largest absolute Gasteiger partial charge is 0.391 e. The van der Waals surface area contributed by atoms with E-state index in [0.717, 1.165) is 25.7 Å². The molecule has 0 radical (unpaired) electrons. The molecule has 78 valence electrons. The average Bonchev–Trinajstić information content (AvgIpc) is 2.65. The molecule has 13 heavy (non-hydrogen) atoms. The van der Waals surface area contributed by atoms with Crippen LogP contribution in [0.1, 0.15) is 39.0 Å². The maximum absolute atomic E-state index is 9.51. The third-order valence-corrected chi connectivity index (χ3v) is 2.49. The minimum Gasteiger partial charge on any atom is -0.391 e. The Bertz CT molecular complexity index is 173. The average molecular weight is 190 g/mol. The molecule has 0 aromatic rings. The van der Waals surface area contributed by atoms with Crippen molar-refractivity contribution >= 4 is 0 Å². The highest BCUT2D eigenvalue weighted by molar-refractivity contribution is 4.99. The monoisotopic (exact) mass is 190 g/mol. The van der Waals surface area contributed by atoms with E-state index >= 15 is 0 Å². The van der Waals surface area contributed by atoms with E-state index in [-0.39, 0.29) is 0 Å². The van der Waals surface area contributed by atoms with Crippen molar-refractivity contribution in [1.29, 1.82) is 0 Å². The Kier molecular flexibility index (Phi) is 3.29. The summed E-state index contributed by atoms with van der Waals surface area (Å²) in [6.45, 7) is 1.56. The maximum Gasteiger partial charge on any atom is 0.247 e. The predicted octanol–water partition coefficient (Wildman–Crippen LogP) is 0.356. The van der Waals surface area contributed by atoms with Gasteiger partial charge in [-0.15, -0.1) is 0 Å². The number of ether oxygens (including phenoxy) is 1. The van der Waals surface area contributed by atoms with Gasteiger partial charge in [0.25, 0.3) is 0 Å². The topological polar surface area (TPSA) is 73.2 Å². The van der Waals surface area contributed by atoms with E-state index in [0.29, 0.717) is 6.42 Å². The minimum absolute atomic E-state index is 0.393. The second-order valence-corrected chi connectivity index (χ2v) is 3.64. The number of rotatable bonds is 6. The molecular weight excluding hydrogens is 172 g/mol. The van der Waals surface area contributed by atoms with Crippen molar-refractivity contribution in [2.75, 3.05) is 6.61 Å². The number of epoxide rings is 1. The van der Waals surface area contributed by atoms with Gasteiger partial charge in [0.2, 0.25) is 11.6 Å². The van der Waals surface area contributed by atoms with Crippen LogP contribution in [0.4, 0.5) is 0 Å². The van der Waals surface area contributed by atoms with Crippen LogP contribution in [-0.2, 0) is 4.74 Å². The molecule has 1 heterocycles. The number of hydrogen-bond acceptors (Lipinski definition) is 4. The summed E-state index contributed by atoms with van der Waals surface area (Å²) in [6.07, 6.45) is 4.47. The van der Waals surface area contributed by atoms with Gasteiger partial charge in [0.05, 0.1) is 0 Å². The Morgan fingerprint density at radius 1 is 1.08 bits per heavy atom. The first kappa shape index (κ1) is 10.9. The van der Waals surface area contributed by atoms with Gasteiger partial charge in [-0.2, -0.15) is 0 Å². The quantitative estimate of drug-likeness (QED) is 0.417. The van der Waals surface area contributed by atoms with Gasteiger partial charge in [-0.25, -0.2) is 0 Å². The normalized spacial score (nSPS) is 37.8. The Morgan fingerprint density at radius 2 is 1.77 bits per heavy atom. The number of aliphatic hydroxyl groups excluding tert-OH is 1. The van der Waals surface area contributed by atoms with Crippen molar-refractivity contribution in [3.63, 3.8) is 0 Å². The molecule has 4 heteroatoms. The molecule has 0 aromatic heterocycles. The van der Waals surface area contributed by atoms with Gasteiger partial charge in [-0.3, -0.25) is 0 Å². The fourth-order valence-electron chi connectivity index (χ4n) is 1.45. The number of aliphatic hydroxyl groups is 3. The van der Waals surface area contributed by atoms with Gasteiger partial charge in [0.15, 0.2) is 0 Å². The van der Waals surface area contributed by atoms with Crippen molar-refractivity contribution < 1.29 is 20.1 Å². The summed E-state index contributed by atoms with van der Waals surface area (Å²) in [7, 11) is 0. The Morgan fingerprint density at radius 3 is 2.23 bits per heavy atom. The van der Waals surface area contributed by atoms with Gasteiger partial charge < -0.3 is 20.1 Å². The first-order valence-corrected chi connectivity index (χ1v) is 4.84. The second kappa shape index (κ2) is 3.92. The zero-order chi connectivity index (χ0) is 9.95. The number of hydrogen-bond donors (Lipinski definition) is 3. The van der Waals surface area contributed by atoms with E-state index in [1.165, 1.54) is 0 Å². The molecule has 2 atom stereocenters. The van der Waals surface area contributed by atoms with Crippen LogP contribution in [-0.4, -0.2) is 33.5 Å². The third kappa shape index (κ3) is 2.20. The molecule has 0 aliphatic carbocycles. The standard InChI is InChI=1S/C9H18O4/c1-2-3-4-5-6-8(11)9(12,7-10)13-8/h10-12H,2-7H2,1H3. The first-order chi connectivity index (χ1) is 6.08. The number of unbranched alkanes of at least 4 members (excludes halogenated alkanes) is 3. The second-order valence-electron chi connectivity index (χ2n) is 3.64. The van der Waals surface area contributed by atoms with Gasteiger partial charge in [-0.05, 0) is 6.42 Å². The van der Waals surface area contributed by atoms with E-state index in [4.69, 9.17) is 5.11 Å². The van der Waals surface area contributed by atoms with Gasteiger partial charge >= 0.3 is 0 Å². The molecule has 0 amide bonds. The van der Waals surface area contributed by atoms with Gasteiger partial charge in [0.1, 0.15) is 6.61 Å². The van der Waals surface area contributed by atoms with E-state index in [1.54, 1.807) is 0 Å². The summed E-state index contributed by atoms with van der Waals surface area (Å²) in [5, 5.41) is 27.5. The zero-order valence-corrected chi connectivity index (χ0v) is 7.99. The van der Waals surface area contributed by atoms with Gasteiger partial charge in [0, 0.05) is 6.42 Å². The van der Waals surface area contributed by atoms with E-state index < -0.39 is 18.2 Å². The van der Waals surface area contributed by atoms with Crippen molar-refractivity contribution in [1.82, 2.24) is 0 Å². The maximum atomic E-state index is 9.51. The van der Waals surface area contributed by atoms with Crippen LogP contribution in [0.25, 0.3) is 0 Å². The first-order valence-electron chi connectivity index (χ1n) is 4.84. The van der Waals surface area contributed by atoms with Crippen LogP contribution >= 0.6 is 0 Å². The third-order valence-electron chi connectivity index (χ3n) is 2.49. The Hall–Kier alpha value is -0.160. The fraction of sp³-hybridized carbons (Fsp3) is 1.00. The molecule has 1 rings (SSSR count). The highest BCUT2D eigenvalue weighted by Crippen LogP contribution is 2.46. The smallest absolute Gasteiger partial charge is 0.247 e. The van der Waals surface area contributed by atoms with Crippen LogP contribution in [0, 0.1) is 0 Å². The van der Waals surface area contributed by atoms with Crippen LogP contribution in [0.3, 0.4) is 0 Å². The molecular formula is C9H18O4. The summed E-state index contributed by atoms with van der Waals surface area (Å²) < 4.78 is 4.68. The van der Waals surface area contributed by atoms with Crippen LogP contribution in [0.15, 0.2) is 0 Å². The summed E-state index contributed by atoms with van der Waals surface area (Å²) >= 11 is 0. The zero-order valence-electron chi connectivity index (χ0n) is 7.99. The lowest BCUT2D eigenvalue weighted by molar-refractivity contribution is -0.0245. The van der Waals surface area contributed by atoms with E-state index in [2.05, 4.69) is 11.7 Å². The molecule has 4 nitrogen and oxygen atoms in total. The summed E-state index contributed by atoms with van der Waals surface area (Å²) in [5.41, 5.74) is 0. The van der Waals surface area contributed by atoms with E-state index in [1.807, 2.05) is 0 Å². The molecule has 0 spiro atoms. The van der Waals surface area contributed by atoms with Crippen molar-refractivity contribution in [2.45, 2.75) is 50.6 Å².